The fraction of sp³-hybridized carbons (Fsp3) is 0.500. The van der Waals surface area contributed by atoms with Crippen LogP contribution in [0, 0.1) is 5.41 Å². The van der Waals surface area contributed by atoms with Crippen LogP contribution in [0.15, 0.2) is 24.3 Å². The minimum atomic E-state index is -0.689. The zero-order valence-corrected chi connectivity index (χ0v) is 12.8. The SMILES string of the molecule is CC(C)(C)C(=O)OC(=O)c1cccc(N2CCNCC2)c1. The number of benzene rings is 1. The topological polar surface area (TPSA) is 58.6 Å². The summed E-state index contributed by atoms with van der Waals surface area (Å²) in [5.74, 6) is -1.10. The molecule has 1 aliphatic heterocycles. The molecule has 0 spiro atoms. The van der Waals surface area contributed by atoms with Gasteiger partial charge in [0.25, 0.3) is 0 Å². The van der Waals surface area contributed by atoms with E-state index in [0.717, 1.165) is 31.9 Å². The van der Waals surface area contributed by atoms with E-state index < -0.39 is 17.4 Å². The standard InChI is InChI=1S/C16H22N2O3/c1-16(2,3)15(20)21-14(19)12-5-4-6-13(11-12)18-9-7-17-8-10-18/h4-6,11,17H,7-10H2,1-3H3. The van der Waals surface area contributed by atoms with Crippen molar-refractivity contribution in [1.29, 1.82) is 0 Å². The fourth-order valence-corrected chi connectivity index (χ4v) is 2.05. The van der Waals surface area contributed by atoms with Crippen LogP contribution in [-0.4, -0.2) is 38.1 Å². The fourth-order valence-electron chi connectivity index (χ4n) is 2.05. The number of nitrogens with zero attached hydrogens (tertiary/aromatic N) is 1. The number of carbonyl (C=O) groups is 2. The number of hydrogen-bond donors (Lipinski definition) is 1. The van der Waals surface area contributed by atoms with Crippen molar-refractivity contribution >= 4 is 17.6 Å². The minimum Gasteiger partial charge on any atom is -0.389 e. The lowest BCUT2D eigenvalue weighted by atomic mass is 9.97. The van der Waals surface area contributed by atoms with Crippen molar-refractivity contribution in [2.24, 2.45) is 5.41 Å². The first-order valence-corrected chi connectivity index (χ1v) is 7.20. The summed E-state index contributed by atoms with van der Waals surface area (Å²) in [6.45, 7) is 8.83. The van der Waals surface area contributed by atoms with Crippen LogP contribution in [0.4, 0.5) is 5.69 Å². The maximum Gasteiger partial charge on any atom is 0.345 e. The summed E-state index contributed by atoms with van der Waals surface area (Å²) < 4.78 is 4.93. The summed E-state index contributed by atoms with van der Waals surface area (Å²) in [5, 5.41) is 3.29. The summed E-state index contributed by atoms with van der Waals surface area (Å²) in [7, 11) is 0. The Kier molecular flexibility index (Phi) is 4.63. The number of nitrogens with one attached hydrogen (secondary N) is 1. The van der Waals surface area contributed by atoms with Gasteiger partial charge in [0.1, 0.15) is 0 Å². The molecule has 21 heavy (non-hydrogen) atoms. The van der Waals surface area contributed by atoms with Crippen molar-refractivity contribution in [1.82, 2.24) is 5.32 Å². The maximum atomic E-state index is 12.1. The molecule has 2 rings (SSSR count). The first-order valence-electron chi connectivity index (χ1n) is 7.20. The summed E-state index contributed by atoms with van der Waals surface area (Å²) in [6.07, 6.45) is 0. The number of ether oxygens (including phenoxy) is 1. The number of piperazine rings is 1. The Hall–Kier alpha value is -1.88. The highest BCUT2D eigenvalue weighted by Gasteiger charge is 2.26. The van der Waals surface area contributed by atoms with Crippen molar-refractivity contribution in [3.05, 3.63) is 29.8 Å². The lowest BCUT2D eigenvalue weighted by molar-refractivity contribution is -0.146. The van der Waals surface area contributed by atoms with Crippen molar-refractivity contribution in [2.75, 3.05) is 31.1 Å². The molecule has 0 amide bonds. The van der Waals surface area contributed by atoms with Gasteiger partial charge < -0.3 is 15.0 Å². The average molecular weight is 290 g/mol. The molecule has 0 saturated carbocycles. The molecule has 0 bridgehead atoms. The molecule has 1 heterocycles. The van der Waals surface area contributed by atoms with E-state index in [2.05, 4.69) is 10.2 Å². The molecule has 1 aliphatic rings. The molecule has 1 aromatic rings. The highest BCUT2D eigenvalue weighted by atomic mass is 16.6. The average Bonchev–Trinajstić information content (AvgIpc) is 2.47. The Balaban J connectivity index is 2.09. The lowest BCUT2D eigenvalue weighted by Crippen LogP contribution is -2.43. The molecule has 0 unspecified atom stereocenters. The lowest BCUT2D eigenvalue weighted by Gasteiger charge is -2.29. The Morgan fingerprint density at radius 2 is 1.86 bits per heavy atom. The van der Waals surface area contributed by atoms with Crippen molar-refractivity contribution < 1.29 is 14.3 Å². The van der Waals surface area contributed by atoms with Crippen LogP contribution in [0.2, 0.25) is 0 Å². The van der Waals surface area contributed by atoms with Gasteiger partial charge in [0.2, 0.25) is 0 Å². The Morgan fingerprint density at radius 1 is 1.19 bits per heavy atom. The van der Waals surface area contributed by atoms with Gasteiger partial charge in [0, 0.05) is 31.9 Å². The molecule has 1 saturated heterocycles. The van der Waals surface area contributed by atoms with Crippen LogP contribution < -0.4 is 10.2 Å². The molecule has 1 N–H and O–H groups in total. The molecule has 5 heteroatoms. The van der Waals surface area contributed by atoms with E-state index in [1.807, 2.05) is 12.1 Å². The number of anilines is 1. The van der Waals surface area contributed by atoms with Gasteiger partial charge in [-0.1, -0.05) is 6.07 Å². The first-order chi connectivity index (χ1) is 9.88. The van der Waals surface area contributed by atoms with Crippen molar-refractivity contribution in [2.45, 2.75) is 20.8 Å². The highest BCUT2D eigenvalue weighted by molar-refractivity contribution is 5.98. The van der Waals surface area contributed by atoms with E-state index in [-0.39, 0.29) is 0 Å². The molecule has 0 aliphatic carbocycles. The van der Waals surface area contributed by atoms with Crippen LogP contribution in [0.5, 0.6) is 0 Å². The largest absolute Gasteiger partial charge is 0.389 e. The van der Waals surface area contributed by atoms with Crippen LogP contribution in [0.1, 0.15) is 31.1 Å². The van der Waals surface area contributed by atoms with Crippen molar-refractivity contribution in [3.63, 3.8) is 0 Å². The normalized spacial score (nSPS) is 15.7. The summed E-state index contributed by atoms with van der Waals surface area (Å²) in [6, 6.07) is 7.23. The number of carbonyl (C=O) groups excluding carboxylic acids is 2. The smallest absolute Gasteiger partial charge is 0.345 e. The molecular formula is C16H22N2O3. The summed E-state index contributed by atoms with van der Waals surface area (Å²) in [5.41, 5.74) is 0.698. The molecular weight excluding hydrogens is 268 g/mol. The van der Waals surface area contributed by atoms with E-state index in [0.29, 0.717) is 5.56 Å². The third-order valence-electron chi connectivity index (χ3n) is 3.36. The van der Waals surface area contributed by atoms with E-state index in [4.69, 9.17) is 4.74 Å². The predicted molar refractivity (Wildman–Crippen MR) is 81.4 cm³/mol. The van der Waals surface area contributed by atoms with E-state index >= 15 is 0 Å². The molecule has 1 fully saturated rings. The highest BCUT2D eigenvalue weighted by Crippen LogP contribution is 2.20. The first kappa shape index (κ1) is 15.5. The Bertz CT molecular complexity index is 529. The second-order valence-corrected chi connectivity index (χ2v) is 6.21. The molecule has 0 radical (unpaired) electrons. The monoisotopic (exact) mass is 290 g/mol. The number of esters is 2. The van der Waals surface area contributed by atoms with E-state index in [9.17, 15) is 9.59 Å². The van der Waals surface area contributed by atoms with E-state index in [1.165, 1.54) is 0 Å². The van der Waals surface area contributed by atoms with Crippen LogP contribution in [0.3, 0.4) is 0 Å². The van der Waals surface area contributed by atoms with Gasteiger partial charge in [-0.3, -0.25) is 4.79 Å². The van der Waals surface area contributed by atoms with Crippen LogP contribution in [-0.2, 0) is 9.53 Å². The third kappa shape index (κ3) is 4.04. The van der Waals surface area contributed by atoms with Gasteiger partial charge in [-0.05, 0) is 39.0 Å². The molecule has 0 atom stereocenters. The van der Waals surface area contributed by atoms with Crippen LogP contribution in [0.25, 0.3) is 0 Å². The number of rotatable bonds is 2. The zero-order chi connectivity index (χ0) is 15.5. The van der Waals surface area contributed by atoms with E-state index in [1.54, 1.807) is 32.9 Å². The van der Waals surface area contributed by atoms with Gasteiger partial charge in [0.05, 0.1) is 11.0 Å². The molecule has 0 aromatic heterocycles. The minimum absolute atomic E-state index is 0.406. The summed E-state index contributed by atoms with van der Waals surface area (Å²) >= 11 is 0. The molecule has 5 nitrogen and oxygen atoms in total. The van der Waals surface area contributed by atoms with Gasteiger partial charge in [-0.15, -0.1) is 0 Å². The van der Waals surface area contributed by atoms with Crippen molar-refractivity contribution in [3.8, 4) is 0 Å². The predicted octanol–water partition coefficient (Wildman–Crippen LogP) is 1.83. The van der Waals surface area contributed by atoms with Gasteiger partial charge >= 0.3 is 11.9 Å². The quantitative estimate of drug-likeness (QED) is 0.665. The van der Waals surface area contributed by atoms with Gasteiger partial charge in [-0.25, -0.2) is 4.79 Å². The second-order valence-electron chi connectivity index (χ2n) is 6.21. The molecule has 114 valence electrons. The Morgan fingerprint density at radius 3 is 2.48 bits per heavy atom. The zero-order valence-electron chi connectivity index (χ0n) is 12.8. The Labute approximate surface area is 125 Å². The third-order valence-corrected chi connectivity index (χ3v) is 3.36. The summed E-state index contributed by atoms with van der Waals surface area (Å²) in [4.78, 5) is 26.0. The second kappa shape index (κ2) is 6.26. The number of hydrogen-bond acceptors (Lipinski definition) is 5. The maximum absolute atomic E-state index is 12.1. The van der Waals surface area contributed by atoms with Gasteiger partial charge in [-0.2, -0.15) is 0 Å². The molecule has 1 aromatic carbocycles. The van der Waals surface area contributed by atoms with Crippen LogP contribution >= 0.6 is 0 Å². The van der Waals surface area contributed by atoms with Gasteiger partial charge in [0.15, 0.2) is 0 Å².